The van der Waals surface area contributed by atoms with Crippen LogP contribution >= 0.6 is 0 Å². The Bertz CT molecular complexity index is 1050. The van der Waals surface area contributed by atoms with Gasteiger partial charge < -0.3 is 19.7 Å². The Kier molecular flexibility index (Phi) is 5.10. The SMILES string of the molecule is O=C(Nc1nn(-c2ccc(F)cc2)c2cccc(N3CCOCC3)c12)C1CCOC1. The van der Waals surface area contributed by atoms with Crippen LogP contribution in [0.25, 0.3) is 16.6 Å². The van der Waals surface area contributed by atoms with Crippen molar-refractivity contribution in [2.24, 2.45) is 5.92 Å². The summed E-state index contributed by atoms with van der Waals surface area (Å²) in [5.41, 5.74) is 2.58. The molecule has 0 bridgehead atoms. The molecule has 0 aliphatic carbocycles. The van der Waals surface area contributed by atoms with E-state index in [0.717, 1.165) is 35.4 Å². The Labute approximate surface area is 173 Å². The summed E-state index contributed by atoms with van der Waals surface area (Å²) in [6.45, 7) is 3.88. The van der Waals surface area contributed by atoms with Crippen molar-refractivity contribution in [2.75, 3.05) is 49.7 Å². The van der Waals surface area contributed by atoms with Crippen LogP contribution < -0.4 is 10.2 Å². The normalized spacial score (nSPS) is 19.4. The molecule has 0 saturated carbocycles. The van der Waals surface area contributed by atoms with E-state index >= 15 is 0 Å². The number of aromatic nitrogens is 2. The molecule has 3 aromatic rings. The number of fused-ring (bicyclic) bond motifs is 1. The average molecular weight is 410 g/mol. The summed E-state index contributed by atoms with van der Waals surface area (Å²) in [5, 5.41) is 8.62. The van der Waals surface area contributed by atoms with Gasteiger partial charge in [0.2, 0.25) is 5.91 Å². The highest BCUT2D eigenvalue weighted by Crippen LogP contribution is 2.35. The molecule has 5 rings (SSSR count). The van der Waals surface area contributed by atoms with E-state index in [1.807, 2.05) is 18.2 Å². The van der Waals surface area contributed by atoms with Crippen molar-refractivity contribution in [3.05, 3.63) is 48.3 Å². The molecule has 1 unspecified atom stereocenters. The summed E-state index contributed by atoms with van der Waals surface area (Å²) < 4.78 is 26.1. The van der Waals surface area contributed by atoms with Crippen molar-refractivity contribution in [3.8, 4) is 5.69 Å². The maximum absolute atomic E-state index is 13.5. The molecule has 30 heavy (non-hydrogen) atoms. The van der Waals surface area contributed by atoms with E-state index in [0.29, 0.717) is 38.7 Å². The number of halogens is 1. The number of nitrogens with zero attached hydrogens (tertiary/aromatic N) is 3. The molecular formula is C22H23FN4O3. The predicted molar refractivity (Wildman–Crippen MR) is 112 cm³/mol. The first kappa shape index (κ1) is 19.0. The van der Waals surface area contributed by atoms with Crippen LogP contribution in [-0.4, -0.2) is 55.2 Å². The highest BCUT2D eigenvalue weighted by atomic mass is 19.1. The van der Waals surface area contributed by atoms with Crippen molar-refractivity contribution < 1.29 is 18.7 Å². The van der Waals surface area contributed by atoms with Crippen LogP contribution in [0, 0.1) is 11.7 Å². The van der Waals surface area contributed by atoms with Crippen LogP contribution in [-0.2, 0) is 14.3 Å². The van der Waals surface area contributed by atoms with E-state index < -0.39 is 0 Å². The highest BCUT2D eigenvalue weighted by Gasteiger charge is 2.27. The van der Waals surface area contributed by atoms with Gasteiger partial charge >= 0.3 is 0 Å². The molecule has 2 aliphatic heterocycles. The van der Waals surface area contributed by atoms with E-state index in [4.69, 9.17) is 14.6 Å². The van der Waals surface area contributed by atoms with Gasteiger partial charge in [-0.3, -0.25) is 4.79 Å². The van der Waals surface area contributed by atoms with Crippen LogP contribution in [0.15, 0.2) is 42.5 Å². The largest absolute Gasteiger partial charge is 0.381 e. The number of nitrogens with one attached hydrogen (secondary N) is 1. The van der Waals surface area contributed by atoms with Gasteiger partial charge in [0.05, 0.1) is 48.0 Å². The van der Waals surface area contributed by atoms with Crippen LogP contribution in [0.3, 0.4) is 0 Å². The number of benzene rings is 2. The minimum atomic E-state index is -0.307. The minimum Gasteiger partial charge on any atom is -0.381 e. The fraction of sp³-hybridized carbons (Fsp3) is 0.364. The molecule has 1 N–H and O–H groups in total. The van der Waals surface area contributed by atoms with Gasteiger partial charge in [-0.1, -0.05) is 6.07 Å². The van der Waals surface area contributed by atoms with Crippen molar-refractivity contribution in [1.82, 2.24) is 9.78 Å². The van der Waals surface area contributed by atoms with Gasteiger partial charge in [-0.2, -0.15) is 0 Å². The number of carbonyl (C=O) groups excluding carboxylic acids is 1. The molecule has 2 fully saturated rings. The molecule has 0 spiro atoms. The van der Waals surface area contributed by atoms with Gasteiger partial charge in [0.15, 0.2) is 5.82 Å². The maximum atomic E-state index is 13.5. The monoisotopic (exact) mass is 410 g/mol. The molecule has 0 radical (unpaired) electrons. The molecule has 1 atom stereocenters. The summed E-state index contributed by atoms with van der Waals surface area (Å²) in [6.07, 6.45) is 0.707. The summed E-state index contributed by atoms with van der Waals surface area (Å²) in [5.74, 6) is -0.0613. The van der Waals surface area contributed by atoms with Gasteiger partial charge in [0.25, 0.3) is 0 Å². The molecule has 8 heteroatoms. The molecule has 3 heterocycles. The van der Waals surface area contributed by atoms with Crippen LogP contribution in [0.1, 0.15) is 6.42 Å². The Morgan fingerprint density at radius 2 is 1.87 bits per heavy atom. The molecule has 156 valence electrons. The first-order valence-electron chi connectivity index (χ1n) is 10.2. The van der Waals surface area contributed by atoms with E-state index in [1.54, 1.807) is 16.8 Å². The summed E-state index contributed by atoms with van der Waals surface area (Å²) in [7, 11) is 0. The second kappa shape index (κ2) is 8.04. The fourth-order valence-corrected chi connectivity index (χ4v) is 4.05. The van der Waals surface area contributed by atoms with Gasteiger partial charge in [0, 0.05) is 19.7 Å². The third-order valence-electron chi connectivity index (χ3n) is 5.65. The number of rotatable bonds is 4. The molecule has 7 nitrogen and oxygen atoms in total. The lowest BCUT2D eigenvalue weighted by molar-refractivity contribution is -0.119. The smallest absolute Gasteiger partial charge is 0.231 e. The van der Waals surface area contributed by atoms with Crippen LogP contribution in [0.4, 0.5) is 15.9 Å². The van der Waals surface area contributed by atoms with Crippen molar-refractivity contribution >= 4 is 28.3 Å². The fourth-order valence-electron chi connectivity index (χ4n) is 4.05. The Morgan fingerprint density at radius 1 is 1.07 bits per heavy atom. The number of morpholine rings is 1. The summed E-state index contributed by atoms with van der Waals surface area (Å²) in [4.78, 5) is 15.1. The van der Waals surface area contributed by atoms with Crippen molar-refractivity contribution in [2.45, 2.75) is 6.42 Å². The number of ether oxygens (including phenoxy) is 2. The average Bonchev–Trinajstić information content (AvgIpc) is 3.44. The first-order valence-corrected chi connectivity index (χ1v) is 10.2. The van der Waals surface area contributed by atoms with E-state index in [-0.39, 0.29) is 17.6 Å². The van der Waals surface area contributed by atoms with Gasteiger partial charge in [-0.15, -0.1) is 5.10 Å². The van der Waals surface area contributed by atoms with Crippen molar-refractivity contribution in [3.63, 3.8) is 0 Å². The number of carbonyl (C=O) groups is 1. The summed E-state index contributed by atoms with van der Waals surface area (Å²) in [6, 6.07) is 12.2. The van der Waals surface area contributed by atoms with E-state index in [2.05, 4.69) is 10.2 Å². The zero-order valence-corrected chi connectivity index (χ0v) is 16.5. The zero-order chi connectivity index (χ0) is 20.5. The second-order valence-electron chi connectivity index (χ2n) is 7.56. The topological polar surface area (TPSA) is 68.6 Å². The van der Waals surface area contributed by atoms with Crippen LogP contribution in [0.2, 0.25) is 0 Å². The van der Waals surface area contributed by atoms with Gasteiger partial charge in [-0.25, -0.2) is 9.07 Å². The maximum Gasteiger partial charge on any atom is 0.231 e. The first-order chi connectivity index (χ1) is 14.7. The molecular weight excluding hydrogens is 387 g/mol. The van der Waals surface area contributed by atoms with E-state index in [1.165, 1.54) is 12.1 Å². The molecule has 2 aliphatic rings. The minimum absolute atomic E-state index is 0.0880. The Hall–Kier alpha value is -2.97. The summed E-state index contributed by atoms with van der Waals surface area (Å²) >= 11 is 0. The number of hydrogen-bond donors (Lipinski definition) is 1. The zero-order valence-electron chi connectivity index (χ0n) is 16.5. The van der Waals surface area contributed by atoms with Gasteiger partial charge in [0.1, 0.15) is 5.82 Å². The quantitative estimate of drug-likeness (QED) is 0.716. The van der Waals surface area contributed by atoms with E-state index in [9.17, 15) is 9.18 Å². The Morgan fingerprint density at radius 3 is 2.60 bits per heavy atom. The van der Waals surface area contributed by atoms with Gasteiger partial charge in [-0.05, 0) is 42.8 Å². The highest BCUT2D eigenvalue weighted by molar-refractivity contribution is 6.07. The lowest BCUT2D eigenvalue weighted by Gasteiger charge is -2.29. The van der Waals surface area contributed by atoms with Crippen molar-refractivity contribution in [1.29, 1.82) is 0 Å². The second-order valence-corrected chi connectivity index (χ2v) is 7.56. The Balaban J connectivity index is 1.62. The number of anilines is 2. The predicted octanol–water partition coefficient (Wildman–Crippen LogP) is 2.98. The molecule has 2 saturated heterocycles. The number of amides is 1. The lowest BCUT2D eigenvalue weighted by atomic mass is 10.1. The third-order valence-corrected chi connectivity index (χ3v) is 5.65. The van der Waals surface area contributed by atoms with Crippen LogP contribution in [0.5, 0.6) is 0 Å². The number of hydrogen-bond acceptors (Lipinski definition) is 5. The third kappa shape index (κ3) is 3.53. The molecule has 2 aromatic carbocycles. The molecule has 1 aromatic heterocycles. The molecule has 1 amide bonds. The standard InChI is InChI=1S/C22H23FN4O3/c23-16-4-6-17(7-5-16)27-19-3-1-2-18(26-9-12-29-13-10-26)20(19)21(25-27)24-22(28)15-8-11-30-14-15/h1-7,15H,8-14H2,(H,24,25,28). The lowest BCUT2D eigenvalue weighted by Crippen LogP contribution is -2.36.